The molecule has 0 radical (unpaired) electrons. The van der Waals surface area contributed by atoms with Crippen LogP contribution in [0.5, 0.6) is 0 Å². The van der Waals surface area contributed by atoms with Crippen LogP contribution in [0, 0.1) is 11.8 Å². The van der Waals surface area contributed by atoms with Crippen molar-refractivity contribution < 1.29 is 19.8 Å². The van der Waals surface area contributed by atoms with E-state index in [9.17, 15) is 14.7 Å². The van der Waals surface area contributed by atoms with E-state index in [1.807, 2.05) is 17.1 Å². The Morgan fingerprint density at radius 3 is 2.50 bits per heavy atom. The maximum absolute atomic E-state index is 12.7. The van der Waals surface area contributed by atoms with E-state index in [4.69, 9.17) is 5.11 Å². The summed E-state index contributed by atoms with van der Waals surface area (Å²) in [6.07, 6.45) is 8.24. The van der Waals surface area contributed by atoms with Crippen molar-refractivity contribution in [2.75, 3.05) is 13.2 Å². The number of amides is 1. The van der Waals surface area contributed by atoms with E-state index in [1.54, 1.807) is 0 Å². The quantitative estimate of drug-likeness (QED) is 0.764. The van der Waals surface area contributed by atoms with Crippen molar-refractivity contribution in [3.8, 4) is 0 Å². The smallest absolute Gasteiger partial charge is 0.307 e. The first-order valence-electron chi connectivity index (χ1n) is 7.44. The molecule has 0 spiro atoms. The number of carboxylic acid groups (broad SMARTS) is 1. The number of aliphatic hydroxyl groups excluding tert-OH is 1. The number of aliphatic hydroxyl groups is 1. The van der Waals surface area contributed by atoms with Crippen LogP contribution < -0.4 is 0 Å². The van der Waals surface area contributed by atoms with Crippen molar-refractivity contribution in [2.45, 2.75) is 44.6 Å². The summed E-state index contributed by atoms with van der Waals surface area (Å²) in [7, 11) is 0. The molecular formula is C15H23NO4. The molecule has 2 rings (SSSR count). The highest BCUT2D eigenvalue weighted by Crippen LogP contribution is 2.30. The van der Waals surface area contributed by atoms with E-state index >= 15 is 0 Å². The predicted octanol–water partition coefficient (Wildman–Crippen LogP) is 1.42. The Balaban J connectivity index is 2.11. The van der Waals surface area contributed by atoms with Crippen LogP contribution in [-0.4, -0.2) is 46.2 Å². The van der Waals surface area contributed by atoms with Crippen LogP contribution in [-0.2, 0) is 9.59 Å². The third-order valence-corrected chi connectivity index (χ3v) is 4.44. The van der Waals surface area contributed by atoms with Crippen LogP contribution >= 0.6 is 0 Å². The van der Waals surface area contributed by atoms with Crippen LogP contribution in [0.25, 0.3) is 0 Å². The van der Waals surface area contributed by atoms with Crippen LogP contribution in [0.4, 0.5) is 0 Å². The maximum atomic E-state index is 12.7. The average molecular weight is 281 g/mol. The van der Waals surface area contributed by atoms with E-state index in [0.717, 1.165) is 19.3 Å². The molecule has 0 aromatic carbocycles. The second-order valence-electron chi connectivity index (χ2n) is 5.69. The first-order chi connectivity index (χ1) is 9.65. The molecule has 112 valence electrons. The lowest BCUT2D eigenvalue weighted by Crippen LogP contribution is -2.49. The first kappa shape index (κ1) is 15.0. The summed E-state index contributed by atoms with van der Waals surface area (Å²) < 4.78 is 0. The Hall–Kier alpha value is -1.36. The number of carboxylic acids is 1. The summed E-state index contributed by atoms with van der Waals surface area (Å²) in [6.45, 7) is 0.761. The van der Waals surface area contributed by atoms with Gasteiger partial charge in [-0.2, -0.15) is 0 Å². The minimum absolute atomic E-state index is 0.0418. The topological polar surface area (TPSA) is 77.8 Å². The van der Waals surface area contributed by atoms with Crippen LogP contribution in [0.15, 0.2) is 12.2 Å². The minimum Gasteiger partial charge on any atom is -0.481 e. The molecule has 1 aliphatic heterocycles. The lowest BCUT2D eigenvalue weighted by atomic mass is 9.81. The van der Waals surface area contributed by atoms with E-state index < -0.39 is 17.8 Å². The zero-order valence-corrected chi connectivity index (χ0v) is 11.7. The number of likely N-dealkylation sites (tertiary alicyclic amines) is 1. The fraction of sp³-hybridized carbons (Fsp3) is 0.733. The highest BCUT2D eigenvalue weighted by molar-refractivity contribution is 5.85. The summed E-state index contributed by atoms with van der Waals surface area (Å²) in [5.41, 5.74) is 0. The molecule has 1 unspecified atom stereocenters. The van der Waals surface area contributed by atoms with Gasteiger partial charge in [0.1, 0.15) is 0 Å². The fourth-order valence-electron chi connectivity index (χ4n) is 3.31. The lowest BCUT2D eigenvalue weighted by molar-refractivity contribution is -0.152. The molecule has 0 aromatic rings. The molecule has 1 amide bonds. The zero-order valence-electron chi connectivity index (χ0n) is 11.7. The van der Waals surface area contributed by atoms with Crippen molar-refractivity contribution in [2.24, 2.45) is 11.8 Å². The van der Waals surface area contributed by atoms with E-state index in [1.165, 1.54) is 0 Å². The zero-order chi connectivity index (χ0) is 14.5. The Labute approximate surface area is 119 Å². The summed E-state index contributed by atoms with van der Waals surface area (Å²) in [5, 5.41) is 18.4. The SMILES string of the molecule is O=C(O)[C@H]1CC=CC[C@H]1C(=O)N1CCCCC1CCO. The fourth-order valence-corrected chi connectivity index (χ4v) is 3.31. The Bertz CT molecular complexity index is 391. The van der Waals surface area contributed by atoms with Crippen molar-refractivity contribution in [3.05, 3.63) is 12.2 Å². The summed E-state index contributed by atoms with van der Waals surface area (Å²) in [4.78, 5) is 25.8. The molecule has 1 aliphatic carbocycles. The summed E-state index contributed by atoms with van der Waals surface area (Å²) in [6, 6.07) is 0.0709. The van der Waals surface area contributed by atoms with E-state index in [-0.39, 0.29) is 18.6 Å². The number of nitrogens with zero attached hydrogens (tertiary/aromatic N) is 1. The molecule has 20 heavy (non-hydrogen) atoms. The summed E-state index contributed by atoms with van der Waals surface area (Å²) in [5.74, 6) is -1.98. The molecule has 2 N–H and O–H groups in total. The van der Waals surface area contributed by atoms with Crippen LogP contribution in [0.3, 0.4) is 0 Å². The second-order valence-corrected chi connectivity index (χ2v) is 5.69. The van der Waals surface area contributed by atoms with Crippen LogP contribution in [0.2, 0.25) is 0 Å². The minimum atomic E-state index is -0.886. The van der Waals surface area contributed by atoms with Gasteiger partial charge in [-0.1, -0.05) is 12.2 Å². The maximum Gasteiger partial charge on any atom is 0.307 e. The second kappa shape index (κ2) is 6.88. The van der Waals surface area contributed by atoms with Crippen molar-refractivity contribution in [1.82, 2.24) is 4.90 Å². The van der Waals surface area contributed by atoms with E-state index in [0.29, 0.717) is 25.8 Å². The van der Waals surface area contributed by atoms with Crippen LogP contribution in [0.1, 0.15) is 38.5 Å². The van der Waals surface area contributed by atoms with Gasteiger partial charge in [0, 0.05) is 19.2 Å². The Kier molecular flexibility index (Phi) is 5.17. The van der Waals surface area contributed by atoms with E-state index in [2.05, 4.69) is 0 Å². The van der Waals surface area contributed by atoms with Gasteiger partial charge in [-0.05, 0) is 38.5 Å². The van der Waals surface area contributed by atoms with Gasteiger partial charge in [0.15, 0.2) is 0 Å². The molecule has 0 saturated carbocycles. The molecule has 1 fully saturated rings. The monoisotopic (exact) mass is 281 g/mol. The van der Waals surface area contributed by atoms with Gasteiger partial charge >= 0.3 is 5.97 Å². The number of carbonyl (C=O) groups is 2. The van der Waals surface area contributed by atoms with Gasteiger partial charge in [0.25, 0.3) is 0 Å². The third-order valence-electron chi connectivity index (χ3n) is 4.44. The number of allylic oxidation sites excluding steroid dienone is 2. The van der Waals surface area contributed by atoms with Crippen molar-refractivity contribution in [1.29, 1.82) is 0 Å². The molecule has 5 nitrogen and oxygen atoms in total. The largest absolute Gasteiger partial charge is 0.481 e. The van der Waals surface area contributed by atoms with Gasteiger partial charge in [0.2, 0.25) is 5.91 Å². The van der Waals surface area contributed by atoms with Crippen molar-refractivity contribution >= 4 is 11.9 Å². The van der Waals surface area contributed by atoms with Crippen molar-refractivity contribution in [3.63, 3.8) is 0 Å². The van der Waals surface area contributed by atoms with Gasteiger partial charge in [-0.3, -0.25) is 9.59 Å². The molecule has 1 saturated heterocycles. The van der Waals surface area contributed by atoms with Gasteiger partial charge in [-0.25, -0.2) is 0 Å². The molecule has 5 heteroatoms. The molecular weight excluding hydrogens is 258 g/mol. The number of rotatable bonds is 4. The molecule has 3 atom stereocenters. The normalized spacial score (nSPS) is 30.2. The molecule has 1 heterocycles. The Morgan fingerprint density at radius 1 is 1.15 bits per heavy atom. The highest BCUT2D eigenvalue weighted by Gasteiger charge is 2.38. The number of hydrogen-bond donors (Lipinski definition) is 2. The third kappa shape index (κ3) is 3.20. The first-order valence-corrected chi connectivity index (χ1v) is 7.44. The number of aliphatic carboxylic acids is 1. The number of piperidine rings is 1. The van der Waals surface area contributed by atoms with Gasteiger partial charge < -0.3 is 15.1 Å². The average Bonchev–Trinajstić information content (AvgIpc) is 2.47. The highest BCUT2D eigenvalue weighted by atomic mass is 16.4. The number of carbonyl (C=O) groups excluding carboxylic acids is 1. The summed E-state index contributed by atoms with van der Waals surface area (Å²) >= 11 is 0. The number of hydrogen-bond acceptors (Lipinski definition) is 3. The van der Waals surface area contributed by atoms with Gasteiger partial charge in [0.05, 0.1) is 11.8 Å². The standard InChI is InChI=1S/C15H23NO4/c17-10-8-11-5-3-4-9-16(11)14(18)12-6-1-2-7-13(12)15(19)20/h1-2,11-13,17H,3-10H2,(H,19,20)/t11?,12-,13+/m1/s1. The Morgan fingerprint density at radius 2 is 1.85 bits per heavy atom. The molecule has 0 bridgehead atoms. The predicted molar refractivity (Wildman–Crippen MR) is 74.0 cm³/mol. The molecule has 0 aromatic heterocycles. The van der Waals surface area contributed by atoms with Gasteiger partial charge in [-0.15, -0.1) is 0 Å². The lowest BCUT2D eigenvalue weighted by Gasteiger charge is -2.39. The molecule has 2 aliphatic rings.